The third-order valence-electron chi connectivity index (χ3n) is 2.94. The second-order valence-electron chi connectivity index (χ2n) is 4.06. The summed E-state index contributed by atoms with van der Waals surface area (Å²) in [4.78, 5) is 12.8. The van der Waals surface area contributed by atoms with E-state index in [0.29, 0.717) is 12.0 Å². The maximum absolute atomic E-state index is 11.0. The topological polar surface area (TPSA) is 49.8 Å². The van der Waals surface area contributed by atoms with Crippen molar-refractivity contribution in [2.45, 2.75) is 6.42 Å². The van der Waals surface area contributed by atoms with Crippen molar-refractivity contribution in [3.8, 4) is 5.75 Å². The highest BCUT2D eigenvalue weighted by molar-refractivity contribution is 5.89. The SMILES string of the molecule is O=C(O)C1=CN2C=COc3ccccc3C2=CC1. The number of ether oxygens (including phenoxy) is 1. The van der Waals surface area contributed by atoms with Crippen LogP contribution < -0.4 is 4.74 Å². The Kier molecular flexibility index (Phi) is 2.41. The number of para-hydroxylation sites is 1. The lowest BCUT2D eigenvalue weighted by Gasteiger charge is -2.23. The number of hydrogen-bond acceptors (Lipinski definition) is 3. The molecule has 2 aliphatic rings. The lowest BCUT2D eigenvalue weighted by Crippen LogP contribution is -2.15. The molecule has 4 heteroatoms. The smallest absolute Gasteiger partial charge is 0.333 e. The predicted octanol–water partition coefficient (Wildman–Crippen LogP) is 2.57. The van der Waals surface area contributed by atoms with Gasteiger partial charge >= 0.3 is 5.97 Å². The standard InChI is InChI=1S/C14H11NO3/c16-14(17)10-5-6-12-11-3-1-2-4-13(11)18-8-7-15(12)9-10/h1-4,6-9H,5H2,(H,16,17). The summed E-state index contributed by atoms with van der Waals surface area (Å²) >= 11 is 0. The van der Waals surface area contributed by atoms with Gasteiger partial charge in [0.05, 0.1) is 11.3 Å². The molecule has 0 unspecified atom stereocenters. The van der Waals surface area contributed by atoms with Crippen LogP contribution in [0.15, 0.2) is 54.6 Å². The number of rotatable bonds is 1. The van der Waals surface area contributed by atoms with Gasteiger partial charge in [-0.15, -0.1) is 0 Å². The van der Waals surface area contributed by atoms with E-state index in [1.165, 1.54) is 0 Å². The molecule has 0 spiro atoms. The summed E-state index contributed by atoms with van der Waals surface area (Å²) in [6.45, 7) is 0. The van der Waals surface area contributed by atoms with Crippen LogP contribution in [0.4, 0.5) is 0 Å². The van der Waals surface area contributed by atoms with Crippen molar-refractivity contribution in [3.63, 3.8) is 0 Å². The van der Waals surface area contributed by atoms with E-state index in [1.807, 2.05) is 30.3 Å². The average molecular weight is 241 g/mol. The molecule has 1 aromatic rings. The van der Waals surface area contributed by atoms with Gasteiger partial charge in [0.1, 0.15) is 12.0 Å². The highest BCUT2D eigenvalue weighted by Crippen LogP contribution is 2.34. The van der Waals surface area contributed by atoms with Crippen LogP contribution in [0.3, 0.4) is 0 Å². The largest absolute Gasteiger partial charge is 0.478 e. The van der Waals surface area contributed by atoms with Gasteiger partial charge < -0.3 is 14.7 Å². The summed E-state index contributed by atoms with van der Waals surface area (Å²) in [6.07, 6.45) is 7.22. The number of allylic oxidation sites excluding steroid dienone is 1. The number of carboxylic acid groups (broad SMARTS) is 1. The Hall–Kier alpha value is -2.49. The Labute approximate surface area is 104 Å². The lowest BCUT2D eigenvalue weighted by atomic mass is 10.0. The minimum atomic E-state index is -0.892. The highest BCUT2D eigenvalue weighted by atomic mass is 16.5. The van der Waals surface area contributed by atoms with Gasteiger partial charge in [0, 0.05) is 24.4 Å². The maximum atomic E-state index is 11.0. The Bertz CT molecular complexity index is 599. The van der Waals surface area contributed by atoms with Gasteiger partial charge in [-0.25, -0.2) is 4.79 Å². The highest BCUT2D eigenvalue weighted by Gasteiger charge is 2.21. The average Bonchev–Trinajstić information content (AvgIpc) is 2.57. The van der Waals surface area contributed by atoms with Crippen LogP contribution in [0.1, 0.15) is 12.0 Å². The van der Waals surface area contributed by atoms with Crippen molar-refractivity contribution in [2.24, 2.45) is 0 Å². The van der Waals surface area contributed by atoms with Crippen molar-refractivity contribution in [1.82, 2.24) is 4.90 Å². The number of hydrogen-bond donors (Lipinski definition) is 1. The summed E-state index contributed by atoms with van der Waals surface area (Å²) in [6, 6.07) is 7.69. The zero-order valence-electron chi connectivity index (χ0n) is 9.54. The quantitative estimate of drug-likeness (QED) is 0.821. The van der Waals surface area contributed by atoms with Gasteiger partial charge in [0.25, 0.3) is 0 Å². The zero-order chi connectivity index (χ0) is 12.5. The first kappa shape index (κ1) is 10.7. The van der Waals surface area contributed by atoms with E-state index in [2.05, 4.69) is 0 Å². The molecule has 0 bridgehead atoms. The van der Waals surface area contributed by atoms with Gasteiger partial charge in [-0.3, -0.25) is 0 Å². The van der Waals surface area contributed by atoms with Crippen LogP contribution >= 0.6 is 0 Å². The molecule has 2 heterocycles. The molecule has 4 nitrogen and oxygen atoms in total. The molecule has 0 amide bonds. The van der Waals surface area contributed by atoms with E-state index in [1.54, 1.807) is 23.6 Å². The van der Waals surface area contributed by atoms with Crippen molar-refractivity contribution in [3.05, 3.63) is 60.1 Å². The molecule has 0 saturated heterocycles. The summed E-state index contributed by atoms with van der Waals surface area (Å²) in [5.74, 6) is -0.119. The van der Waals surface area contributed by atoms with E-state index in [0.717, 1.165) is 17.0 Å². The molecule has 0 atom stereocenters. The molecule has 2 aliphatic heterocycles. The van der Waals surface area contributed by atoms with Crippen molar-refractivity contribution < 1.29 is 14.6 Å². The molecule has 0 aromatic heterocycles. The van der Waals surface area contributed by atoms with Crippen LogP contribution in [0.25, 0.3) is 5.70 Å². The Morgan fingerprint density at radius 2 is 2.17 bits per heavy atom. The number of fused-ring (bicyclic) bond motifs is 3. The Morgan fingerprint density at radius 1 is 1.33 bits per heavy atom. The van der Waals surface area contributed by atoms with Crippen LogP contribution in [-0.4, -0.2) is 16.0 Å². The fourth-order valence-corrected chi connectivity index (χ4v) is 2.07. The van der Waals surface area contributed by atoms with Gasteiger partial charge in [0.2, 0.25) is 0 Å². The molecule has 0 radical (unpaired) electrons. The second kappa shape index (κ2) is 4.07. The molecule has 0 fully saturated rings. The number of aliphatic carboxylic acids is 1. The van der Waals surface area contributed by atoms with E-state index in [-0.39, 0.29) is 0 Å². The molecule has 0 saturated carbocycles. The summed E-state index contributed by atoms with van der Waals surface area (Å²) in [7, 11) is 0. The Balaban J connectivity index is 2.07. The molecule has 3 rings (SSSR count). The van der Waals surface area contributed by atoms with E-state index < -0.39 is 5.97 Å². The minimum Gasteiger partial charge on any atom is -0.478 e. The maximum Gasteiger partial charge on any atom is 0.333 e. The minimum absolute atomic E-state index is 0.364. The summed E-state index contributed by atoms with van der Waals surface area (Å²) < 4.78 is 5.50. The van der Waals surface area contributed by atoms with Crippen LogP contribution in [0.2, 0.25) is 0 Å². The lowest BCUT2D eigenvalue weighted by molar-refractivity contribution is -0.132. The molecule has 1 aromatic carbocycles. The fourth-order valence-electron chi connectivity index (χ4n) is 2.07. The van der Waals surface area contributed by atoms with Crippen LogP contribution in [0.5, 0.6) is 5.75 Å². The Morgan fingerprint density at radius 3 is 3.00 bits per heavy atom. The van der Waals surface area contributed by atoms with Gasteiger partial charge in [0.15, 0.2) is 0 Å². The number of nitrogens with zero attached hydrogens (tertiary/aromatic N) is 1. The first-order chi connectivity index (χ1) is 8.75. The molecule has 0 aliphatic carbocycles. The number of carboxylic acids is 1. The number of carbonyl (C=O) groups is 1. The van der Waals surface area contributed by atoms with Crippen molar-refractivity contribution >= 4 is 11.7 Å². The van der Waals surface area contributed by atoms with Crippen molar-refractivity contribution in [2.75, 3.05) is 0 Å². The molecular formula is C14H11NO3. The third-order valence-corrected chi connectivity index (χ3v) is 2.94. The first-order valence-electron chi connectivity index (χ1n) is 5.61. The molecule has 18 heavy (non-hydrogen) atoms. The van der Waals surface area contributed by atoms with Gasteiger partial charge in [-0.1, -0.05) is 18.2 Å². The normalized spacial score (nSPS) is 16.8. The molecule has 90 valence electrons. The van der Waals surface area contributed by atoms with Crippen molar-refractivity contribution in [1.29, 1.82) is 0 Å². The monoisotopic (exact) mass is 241 g/mol. The third kappa shape index (κ3) is 1.68. The van der Waals surface area contributed by atoms with Crippen LogP contribution in [0, 0.1) is 0 Å². The second-order valence-corrected chi connectivity index (χ2v) is 4.06. The predicted molar refractivity (Wildman–Crippen MR) is 66.4 cm³/mol. The molecular weight excluding hydrogens is 230 g/mol. The van der Waals surface area contributed by atoms with E-state index in [9.17, 15) is 4.79 Å². The first-order valence-corrected chi connectivity index (χ1v) is 5.61. The zero-order valence-corrected chi connectivity index (χ0v) is 9.54. The van der Waals surface area contributed by atoms with E-state index >= 15 is 0 Å². The fraction of sp³-hybridized carbons (Fsp3) is 0.0714. The van der Waals surface area contributed by atoms with E-state index in [4.69, 9.17) is 9.84 Å². The molecule has 1 N–H and O–H groups in total. The van der Waals surface area contributed by atoms with Gasteiger partial charge in [-0.05, 0) is 12.1 Å². The van der Waals surface area contributed by atoms with Crippen LogP contribution in [-0.2, 0) is 4.79 Å². The summed E-state index contributed by atoms with van der Waals surface area (Å²) in [5, 5.41) is 9.01. The van der Waals surface area contributed by atoms with Gasteiger partial charge in [-0.2, -0.15) is 0 Å². The number of benzene rings is 1. The summed E-state index contributed by atoms with van der Waals surface area (Å²) in [5.41, 5.74) is 2.27.